The van der Waals surface area contributed by atoms with E-state index in [1.807, 2.05) is 24.9 Å². The second-order valence-electron chi connectivity index (χ2n) is 7.49. The van der Waals surface area contributed by atoms with Crippen LogP contribution in [0.3, 0.4) is 0 Å². The number of unbranched alkanes of at least 4 members (excludes halogenated alkanes) is 1. The summed E-state index contributed by atoms with van der Waals surface area (Å²) in [6.07, 6.45) is -3.14. The number of hydrogen-bond donors (Lipinski definition) is 3. The largest absolute Gasteiger partial charge is 0.490 e. The van der Waals surface area contributed by atoms with Gasteiger partial charge in [0.1, 0.15) is 0 Å². The van der Waals surface area contributed by atoms with Gasteiger partial charge in [-0.3, -0.25) is 4.72 Å². The zero-order chi connectivity index (χ0) is 26.3. The maximum Gasteiger partial charge on any atom is 0.490 e. The minimum atomic E-state index is -5.08. The first kappa shape index (κ1) is 28.8. The summed E-state index contributed by atoms with van der Waals surface area (Å²) in [6.45, 7) is 6.37. The van der Waals surface area contributed by atoms with Gasteiger partial charge in [0.2, 0.25) is 0 Å². The molecule has 0 aromatic heterocycles. The van der Waals surface area contributed by atoms with Gasteiger partial charge in [0, 0.05) is 13.6 Å². The van der Waals surface area contributed by atoms with Crippen molar-refractivity contribution in [1.82, 2.24) is 0 Å². The van der Waals surface area contributed by atoms with Crippen LogP contribution in [0.2, 0.25) is 0 Å². The highest BCUT2D eigenvalue weighted by atomic mass is 32.2. The number of halogens is 3. The number of carboxylic acid groups (broad SMARTS) is 2. The van der Waals surface area contributed by atoms with E-state index in [0.29, 0.717) is 11.3 Å². The summed E-state index contributed by atoms with van der Waals surface area (Å²) in [5.41, 5.74) is 2.39. The van der Waals surface area contributed by atoms with Crippen molar-refractivity contribution in [2.45, 2.75) is 44.7 Å². The van der Waals surface area contributed by atoms with Gasteiger partial charge in [0.15, 0.2) is 0 Å². The average molecular weight is 505 g/mol. The van der Waals surface area contributed by atoms with Gasteiger partial charge in [-0.25, -0.2) is 18.0 Å². The van der Waals surface area contributed by atoms with E-state index in [4.69, 9.17) is 9.90 Å². The minimum Gasteiger partial charge on any atom is -0.478 e. The smallest absolute Gasteiger partial charge is 0.478 e. The molecule has 0 spiro atoms. The quantitative estimate of drug-likeness (QED) is 0.477. The molecule has 8 nitrogen and oxygen atoms in total. The van der Waals surface area contributed by atoms with E-state index < -0.39 is 28.1 Å². The Morgan fingerprint density at radius 2 is 1.65 bits per heavy atom. The maximum absolute atomic E-state index is 13.0. The van der Waals surface area contributed by atoms with Crippen molar-refractivity contribution in [2.24, 2.45) is 0 Å². The summed E-state index contributed by atoms with van der Waals surface area (Å²) >= 11 is 0. The topological polar surface area (TPSA) is 124 Å². The zero-order valence-corrected chi connectivity index (χ0v) is 19.9. The molecule has 12 heteroatoms. The molecule has 0 heterocycles. The molecule has 34 heavy (non-hydrogen) atoms. The fourth-order valence-electron chi connectivity index (χ4n) is 2.80. The van der Waals surface area contributed by atoms with Gasteiger partial charge in [-0.05, 0) is 55.7 Å². The standard InChI is InChI=1S/C20H26N2O4S.C2HF3O2/c1-5-6-11-22(4)18-10-9-16(20(23)24)13-17(18)21-27(25,26)19-12-14(2)7-8-15(19)3;3-2(4,5)1(6)7/h7-10,12-13,21H,5-6,11H2,1-4H3,(H,23,24);(H,6,7). The number of aryl methyl sites for hydroxylation is 2. The lowest BCUT2D eigenvalue weighted by atomic mass is 10.1. The van der Waals surface area contributed by atoms with Crippen LogP contribution in [0.4, 0.5) is 24.5 Å². The molecule has 0 atom stereocenters. The third kappa shape index (κ3) is 8.25. The number of nitrogens with one attached hydrogen (secondary N) is 1. The van der Waals surface area contributed by atoms with E-state index in [0.717, 1.165) is 24.9 Å². The Labute approximate surface area is 196 Å². The van der Waals surface area contributed by atoms with Crippen molar-refractivity contribution >= 4 is 33.3 Å². The first-order valence-electron chi connectivity index (χ1n) is 10.1. The first-order valence-corrected chi connectivity index (χ1v) is 11.6. The average Bonchev–Trinajstić information content (AvgIpc) is 2.73. The molecule has 0 unspecified atom stereocenters. The molecule has 2 rings (SSSR count). The first-order chi connectivity index (χ1) is 15.6. The Bertz CT molecular complexity index is 1130. The monoisotopic (exact) mass is 504 g/mol. The number of anilines is 2. The molecule has 2 aromatic rings. The van der Waals surface area contributed by atoms with Crippen LogP contribution in [0, 0.1) is 13.8 Å². The molecule has 0 bridgehead atoms. The lowest BCUT2D eigenvalue weighted by molar-refractivity contribution is -0.192. The molecule has 0 amide bonds. The lowest BCUT2D eigenvalue weighted by Crippen LogP contribution is -2.22. The molecule has 0 aliphatic rings. The van der Waals surface area contributed by atoms with Gasteiger partial charge < -0.3 is 15.1 Å². The number of aromatic carboxylic acids is 1. The van der Waals surface area contributed by atoms with Crippen molar-refractivity contribution in [1.29, 1.82) is 0 Å². The zero-order valence-electron chi connectivity index (χ0n) is 19.1. The van der Waals surface area contributed by atoms with Gasteiger partial charge in [0.05, 0.1) is 21.8 Å². The second-order valence-corrected chi connectivity index (χ2v) is 9.14. The van der Waals surface area contributed by atoms with Crippen molar-refractivity contribution in [3.8, 4) is 0 Å². The molecule has 188 valence electrons. The second kappa shape index (κ2) is 11.7. The molecule has 0 radical (unpaired) electrons. The van der Waals surface area contributed by atoms with Crippen molar-refractivity contribution in [2.75, 3.05) is 23.2 Å². The molecule has 0 fully saturated rings. The number of aliphatic carboxylic acids is 1. The molecular formula is C22H27F3N2O6S. The van der Waals surface area contributed by atoms with Crippen molar-refractivity contribution in [3.05, 3.63) is 53.1 Å². The Kier molecular flexibility index (Phi) is 9.92. The predicted molar refractivity (Wildman–Crippen MR) is 122 cm³/mol. The summed E-state index contributed by atoms with van der Waals surface area (Å²) < 4.78 is 60.3. The molecule has 0 aliphatic heterocycles. The fraction of sp³-hybridized carbons (Fsp3) is 0.364. The van der Waals surface area contributed by atoms with E-state index in [9.17, 15) is 31.5 Å². The fourth-order valence-corrected chi connectivity index (χ4v) is 4.19. The van der Waals surface area contributed by atoms with E-state index in [2.05, 4.69) is 11.6 Å². The maximum atomic E-state index is 13.0. The van der Waals surface area contributed by atoms with Crippen LogP contribution in [0.25, 0.3) is 0 Å². The van der Waals surface area contributed by atoms with Gasteiger partial charge in [-0.15, -0.1) is 0 Å². The normalized spacial score (nSPS) is 11.3. The van der Waals surface area contributed by atoms with Gasteiger partial charge in [-0.1, -0.05) is 25.5 Å². The number of benzene rings is 2. The number of rotatable bonds is 8. The van der Waals surface area contributed by atoms with E-state index in [1.165, 1.54) is 12.1 Å². The molecular weight excluding hydrogens is 477 g/mol. The molecule has 2 aromatic carbocycles. The number of nitrogens with zero attached hydrogens (tertiary/aromatic N) is 1. The Balaban J connectivity index is 0.000000718. The summed E-state index contributed by atoms with van der Waals surface area (Å²) in [5, 5.41) is 16.4. The van der Waals surface area contributed by atoms with Crippen LogP contribution in [-0.2, 0) is 14.8 Å². The molecule has 0 saturated carbocycles. The van der Waals surface area contributed by atoms with E-state index in [1.54, 1.807) is 25.1 Å². The Hall–Kier alpha value is -3.28. The highest BCUT2D eigenvalue weighted by Crippen LogP contribution is 2.30. The number of alkyl halides is 3. The van der Waals surface area contributed by atoms with E-state index in [-0.39, 0.29) is 16.1 Å². The SMILES string of the molecule is CCCCN(C)c1ccc(C(=O)O)cc1NS(=O)(=O)c1cc(C)ccc1C.O=C(O)C(F)(F)F. The van der Waals surface area contributed by atoms with Crippen molar-refractivity contribution < 1.29 is 41.4 Å². The Morgan fingerprint density at radius 3 is 2.15 bits per heavy atom. The summed E-state index contributed by atoms with van der Waals surface area (Å²) in [4.78, 5) is 22.4. The van der Waals surface area contributed by atoms with Gasteiger partial charge >= 0.3 is 18.1 Å². The molecule has 3 N–H and O–H groups in total. The third-order valence-corrected chi connectivity index (χ3v) is 6.13. The third-order valence-electron chi connectivity index (χ3n) is 4.62. The highest BCUT2D eigenvalue weighted by Gasteiger charge is 2.38. The number of carbonyl (C=O) groups is 2. The molecule has 0 aliphatic carbocycles. The van der Waals surface area contributed by atoms with Crippen molar-refractivity contribution in [3.63, 3.8) is 0 Å². The summed E-state index contributed by atoms with van der Waals surface area (Å²) in [5.74, 6) is -3.86. The van der Waals surface area contributed by atoms with Crippen LogP contribution in [-0.4, -0.2) is 50.3 Å². The van der Waals surface area contributed by atoms with Crippen LogP contribution in [0.15, 0.2) is 41.3 Å². The highest BCUT2D eigenvalue weighted by molar-refractivity contribution is 7.92. The Morgan fingerprint density at radius 1 is 1.06 bits per heavy atom. The molecule has 0 saturated heterocycles. The lowest BCUT2D eigenvalue weighted by Gasteiger charge is -2.23. The van der Waals surface area contributed by atoms with Crippen LogP contribution < -0.4 is 9.62 Å². The number of carboxylic acids is 2. The van der Waals surface area contributed by atoms with Crippen LogP contribution in [0.5, 0.6) is 0 Å². The van der Waals surface area contributed by atoms with Crippen LogP contribution >= 0.6 is 0 Å². The van der Waals surface area contributed by atoms with E-state index >= 15 is 0 Å². The van der Waals surface area contributed by atoms with Crippen LogP contribution in [0.1, 0.15) is 41.3 Å². The number of hydrogen-bond acceptors (Lipinski definition) is 5. The van der Waals surface area contributed by atoms with Gasteiger partial charge in [0.25, 0.3) is 10.0 Å². The summed E-state index contributed by atoms with van der Waals surface area (Å²) in [6, 6.07) is 9.70. The number of sulfonamides is 1. The predicted octanol–water partition coefficient (Wildman–Crippen LogP) is 4.67. The summed E-state index contributed by atoms with van der Waals surface area (Å²) in [7, 11) is -1.99. The van der Waals surface area contributed by atoms with Gasteiger partial charge in [-0.2, -0.15) is 13.2 Å². The minimum absolute atomic E-state index is 0.0290.